The number of morpholine rings is 1. The maximum Gasteiger partial charge on any atom is 0.332 e. The SMILES string of the molecule is Cn1cnc2c1c(=O)n(CC(=O)NCCCCN1CCOCC1)c(=O)n2C. The summed E-state index contributed by atoms with van der Waals surface area (Å²) in [7, 11) is 3.22. The van der Waals surface area contributed by atoms with Crippen molar-refractivity contribution < 1.29 is 9.53 Å². The Kier molecular flexibility index (Phi) is 6.07. The third-order valence-corrected chi connectivity index (χ3v) is 4.83. The van der Waals surface area contributed by atoms with Crippen LogP contribution in [0.5, 0.6) is 0 Å². The van der Waals surface area contributed by atoms with Crippen LogP contribution in [0.4, 0.5) is 0 Å². The first kappa shape index (κ1) is 19.3. The second-order valence-electron chi connectivity index (χ2n) is 6.77. The molecule has 2 aromatic heterocycles. The van der Waals surface area contributed by atoms with Crippen LogP contribution in [0.1, 0.15) is 12.8 Å². The van der Waals surface area contributed by atoms with E-state index in [4.69, 9.17) is 4.74 Å². The third-order valence-electron chi connectivity index (χ3n) is 4.83. The molecule has 1 aliphatic heterocycles. The lowest BCUT2D eigenvalue weighted by Gasteiger charge is -2.26. The van der Waals surface area contributed by atoms with Gasteiger partial charge in [-0.25, -0.2) is 14.3 Å². The Morgan fingerprint density at radius 2 is 1.96 bits per heavy atom. The molecule has 0 unspecified atom stereocenters. The van der Waals surface area contributed by atoms with Gasteiger partial charge in [0.05, 0.1) is 19.5 Å². The lowest BCUT2D eigenvalue weighted by molar-refractivity contribution is -0.121. The molecule has 0 aromatic carbocycles. The number of hydrogen-bond acceptors (Lipinski definition) is 6. The van der Waals surface area contributed by atoms with Crippen LogP contribution in [0.2, 0.25) is 0 Å². The summed E-state index contributed by atoms with van der Waals surface area (Å²) >= 11 is 0. The van der Waals surface area contributed by atoms with Crippen LogP contribution in [-0.2, 0) is 30.2 Å². The normalized spacial score (nSPS) is 15.3. The van der Waals surface area contributed by atoms with Crippen LogP contribution >= 0.6 is 0 Å². The Hall–Kier alpha value is -2.46. The number of hydrogen-bond donors (Lipinski definition) is 1. The van der Waals surface area contributed by atoms with Gasteiger partial charge >= 0.3 is 5.69 Å². The molecule has 10 nitrogen and oxygen atoms in total. The van der Waals surface area contributed by atoms with Crippen LogP contribution in [-0.4, -0.2) is 68.9 Å². The highest BCUT2D eigenvalue weighted by Gasteiger charge is 2.16. The molecule has 1 N–H and O–H groups in total. The van der Waals surface area contributed by atoms with Crippen molar-refractivity contribution in [2.45, 2.75) is 19.4 Å². The molecule has 2 aromatic rings. The first-order chi connectivity index (χ1) is 13.0. The van der Waals surface area contributed by atoms with Gasteiger partial charge in [-0.15, -0.1) is 0 Å². The molecule has 0 spiro atoms. The van der Waals surface area contributed by atoms with Crippen LogP contribution in [0, 0.1) is 0 Å². The molecule has 1 aliphatic rings. The van der Waals surface area contributed by atoms with Crippen LogP contribution in [0.3, 0.4) is 0 Å². The topological polar surface area (TPSA) is 103 Å². The Morgan fingerprint density at radius 1 is 1.22 bits per heavy atom. The fourth-order valence-electron chi connectivity index (χ4n) is 3.25. The summed E-state index contributed by atoms with van der Waals surface area (Å²) < 4.78 is 9.10. The molecule has 0 radical (unpaired) electrons. The first-order valence-corrected chi connectivity index (χ1v) is 9.16. The number of unbranched alkanes of at least 4 members (excludes halogenated alkanes) is 1. The lowest BCUT2D eigenvalue weighted by Crippen LogP contribution is -2.43. The average Bonchev–Trinajstić information content (AvgIpc) is 3.06. The van der Waals surface area contributed by atoms with Gasteiger partial charge in [-0.1, -0.05) is 0 Å². The lowest BCUT2D eigenvalue weighted by atomic mass is 10.2. The van der Waals surface area contributed by atoms with Crippen molar-refractivity contribution in [3.63, 3.8) is 0 Å². The van der Waals surface area contributed by atoms with E-state index in [1.165, 1.54) is 17.9 Å². The molecule has 3 rings (SSSR count). The second kappa shape index (κ2) is 8.49. The Bertz CT molecular complexity index is 922. The van der Waals surface area contributed by atoms with Crippen molar-refractivity contribution in [3.8, 4) is 0 Å². The number of fused-ring (bicyclic) bond motifs is 1. The number of ether oxygens (including phenoxy) is 1. The summed E-state index contributed by atoms with van der Waals surface area (Å²) in [4.78, 5) is 43.5. The Morgan fingerprint density at radius 3 is 2.70 bits per heavy atom. The molecule has 0 saturated carbocycles. The van der Waals surface area contributed by atoms with Crippen molar-refractivity contribution >= 4 is 17.1 Å². The van der Waals surface area contributed by atoms with E-state index in [0.29, 0.717) is 17.7 Å². The predicted molar refractivity (Wildman–Crippen MR) is 99.7 cm³/mol. The number of nitrogens with zero attached hydrogens (tertiary/aromatic N) is 5. The van der Waals surface area contributed by atoms with Gasteiger partial charge in [-0.2, -0.15) is 0 Å². The number of aryl methyl sites for hydroxylation is 2. The van der Waals surface area contributed by atoms with Crippen molar-refractivity contribution in [1.29, 1.82) is 0 Å². The molecule has 10 heteroatoms. The molecule has 3 heterocycles. The molecular formula is C17H26N6O4. The Balaban J connectivity index is 1.54. The number of imidazole rings is 1. The molecule has 1 saturated heterocycles. The summed E-state index contributed by atoms with van der Waals surface area (Å²) in [5, 5.41) is 2.79. The average molecular weight is 378 g/mol. The minimum atomic E-state index is -0.548. The van der Waals surface area contributed by atoms with Gasteiger partial charge in [0, 0.05) is 33.7 Å². The fourth-order valence-corrected chi connectivity index (χ4v) is 3.25. The molecular weight excluding hydrogens is 352 g/mol. The van der Waals surface area contributed by atoms with E-state index in [-0.39, 0.29) is 12.5 Å². The van der Waals surface area contributed by atoms with Gasteiger partial charge in [0.25, 0.3) is 5.56 Å². The zero-order chi connectivity index (χ0) is 19.4. The van der Waals surface area contributed by atoms with Gasteiger partial charge in [0.1, 0.15) is 6.54 Å². The zero-order valence-electron chi connectivity index (χ0n) is 15.8. The highest BCUT2D eigenvalue weighted by Crippen LogP contribution is 2.03. The quantitative estimate of drug-likeness (QED) is 0.599. The van der Waals surface area contributed by atoms with E-state index in [2.05, 4.69) is 15.2 Å². The molecule has 1 fully saturated rings. The summed E-state index contributed by atoms with van der Waals surface area (Å²) in [5.41, 5.74) is -0.438. The van der Waals surface area contributed by atoms with Gasteiger partial charge < -0.3 is 14.6 Å². The van der Waals surface area contributed by atoms with Crippen molar-refractivity contribution in [1.82, 2.24) is 28.9 Å². The van der Waals surface area contributed by atoms with Gasteiger partial charge in [-0.3, -0.25) is 19.1 Å². The van der Waals surface area contributed by atoms with Gasteiger partial charge in [-0.05, 0) is 19.4 Å². The summed E-state index contributed by atoms with van der Waals surface area (Å²) in [6, 6.07) is 0. The minimum Gasteiger partial charge on any atom is -0.379 e. The van der Waals surface area contributed by atoms with Crippen molar-refractivity contribution in [2.24, 2.45) is 14.1 Å². The molecule has 148 valence electrons. The van der Waals surface area contributed by atoms with E-state index in [1.807, 2.05) is 0 Å². The predicted octanol–water partition coefficient (Wildman–Crippen LogP) is -1.34. The largest absolute Gasteiger partial charge is 0.379 e. The second-order valence-corrected chi connectivity index (χ2v) is 6.77. The Labute approximate surface area is 156 Å². The van der Waals surface area contributed by atoms with Gasteiger partial charge in [0.2, 0.25) is 5.91 Å². The van der Waals surface area contributed by atoms with E-state index in [1.54, 1.807) is 11.6 Å². The standard InChI is InChI=1S/C17H26N6O4/c1-20-12-19-15-14(20)16(25)23(17(26)21(15)2)11-13(24)18-5-3-4-6-22-7-9-27-10-8-22/h12H,3-11H2,1-2H3,(H,18,24). The van der Waals surface area contributed by atoms with Crippen LogP contribution < -0.4 is 16.6 Å². The molecule has 0 bridgehead atoms. The number of rotatable bonds is 7. The highest BCUT2D eigenvalue weighted by atomic mass is 16.5. The van der Waals surface area contributed by atoms with E-state index < -0.39 is 11.2 Å². The fraction of sp³-hybridized carbons (Fsp3) is 0.647. The maximum absolute atomic E-state index is 12.6. The van der Waals surface area contributed by atoms with Crippen molar-refractivity contribution in [3.05, 3.63) is 27.2 Å². The van der Waals surface area contributed by atoms with E-state index in [9.17, 15) is 14.4 Å². The maximum atomic E-state index is 12.6. The first-order valence-electron chi connectivity index (χ1n) is 9.16. The van der Waals surface area contributed by atoms with Crippen molar-refractivity contribution in [2.75, 3.05) is 39.4 Å². The molecule has 27 heavy (non-hydrogen) atoms. The van der Waals surface area contributed by atoms with Crippen LogP contribution in [0.15, 0.2) is 15.9 Å². The summed E-state index contributed by atoms with van der Waals surface area (Å²) in [5.74, 6) is -0.345. The zero-order valence-corrected chi connectivity index (χ0v) is 15.8. The van der Waals surface area contributed by atoms with E-state index in [0.717, 1.165) is 50.3 Å². The molecule has 0 atom stereocenters. The van der Waals surface area contributed by atoms with E-state index >= 15 is 0 Å². The summed E-state index contributed by atoms with van der Waals surface area (Å²) in [6.07, 6.45) is 3.30. The number of carbonyl (C=O) groups is 1. The third kappa shape index (κ3) is 4.28. The molecule has 0 aliphatic carbocycles. The summed E-state index contributed by atoms with van der Waals surface area (Å²) in [6.45, 7) is 4.67. The smallest absolute Gasteiger partial charge is 0.332 e. The highest BCUT2D eigenvalue weighted by molar-refractivity contribution is 5.76. The van der Waals surface area contributed by atoms with Crippen LogP contribution in [0.25, 0.3) is 11.2 Å². The monoisotopic (exact) mass is 378 g/mol. The van der Waals surface area contributed by atoms with Gasteiger partial charge in [0.15, 0.2) is 11.2 Å². The number of carbonyl (C=O) groups excluding carboxylic acids is 1. The number of amides is 1. The minimum absolute atomic E-state index is 0.296. The number of aromatic nitrogens is 4. The molecule has 1 amide bonds. The number of nitrogens with one attached hydrogen (secondary N) is 1.